The van der Waals surface area contributed by atoms with Crippen LogP contribution in [0.4, 0.5) is 0 Å². The van der Waals surface area contributed by atoms with Gasteiger partial charge in [-0.2, -0.15) is 0 Å². The number of aliphatic hydroxyl groups is 1. The second kappa shape index (κ2) is 8.95. The normalized spacial score (nSPS) is 18.3. The van der Waals surface area contributed by atoms with Crippen LogP contribution in [0.3, 0.4) is 0 Å². The van der Waals surface area contributed by atoms with Gasteiger partial charge in [0.2, 0.25) is 0 Å². The monoisotopic (exact) mass is 393 g/mol. The van der Waals surface area contributed by atoms with Crippen LogP contribution in [0.2, 0.25) is 0 Å². The first kappa shape index (κ1) is 20.6. The number of Topliss-reactive ketones (excluding diaryl/α,β-unsaturated/α-hetero) is 1. The van der Waals surface area contributed by atoms with Crippen molar-refractivity contribution in [3.05, 3.63) is 70.8 Å². The van der Waals surface area contributed by atoms with Crippen LogP contribution in [0.25, 0.3) is 5.76 Å². The highest BCUT2D eigenvalue weighted by Crippen LogP contribution is 2.42. The molecule has 5 nitrogen and oxygen atoms in total. The number of likely N-dealkylation sites (tertiary alicyclic amines) is 1. The summed E-state index contributed by atoms with van der Waals surface area (Å²) >= 11 is 0. The minimum absolute atomic E-state index is 0.111. The highest BCUT2D eigenvalue weighted by molar-refractivity contribution is 6.46. The molecule has 1 heterocycles. The van der Waals surface area contributed by atoms with Gasteiger partial charge in [-0.25, -0.2) is 0 Å². The number of hydrogen-bond acceptors (Lipinski definition) is 4. The Bertz CT molecular complexity index is 930. The molecule has 29 heavy (non-hydrogen) atoms. The van der Waals surface area contributed by atoms with Gasteiger partial charge < -0.3 is 14.7 Å². The lowest BCUT2D eigenvalue weighted by Gasteiger charge is -2.26. The number of nitrogens with zero attached hydrogens (tertiary/aromatic N) is 1. The Morgan fingerprint density at radius 3 is 2.38 bits per heavy atom. The smallest absolute Gasteiger partial charge is 0.295 e. The number of aliphatic hydroxyl groups excluding tert-OH is 1. The Hall–Kier alpha value is -3.08. The molecule has 1 aliphatic rings. The van der Waals surface area contributed by atoms with E-state index in [0.29, 0.717) is 23.4 Å². The summed E-state index contributed by atoms with van der Waals surface area (Å²) < 4.78 is 5.49. The van der Waals surface area contributed by atoms with E-state index in [1.165, 1.54) is 0 Å². The summed E-state index contributed by atoms with van der Waals surface area (Å²) in [6.07, 6.45) is 2.54. The molecule has 1 atom stereocenters. The maximum Gasteiger partial charge on any atom is 0.295 e. The molecule has 1 aliphatic heterocycles. The van der Waals surface area contributed by atoms with E-state index >= 15 is 0 Å². The van der Waals surface area contributed by atoms with Crippen molar-refractivity contribution in [1.29, 1.82) is 0 Å². The topological polar surface area (TPSA) is 66.8 Å². The van der Waals surface area contributed by atoms with Gasteiger partial charge in [0.15, 0.2) is 0 Å². The van der Waals surface area contributed by atoms with Crippen LogP contribution in [-0.2, 0) is 16.0 Å². The largest absolute Gasteiger partial charge is 0.507 e. The molecule has 5 heteroatoms. The Morgan fingerprint density at radius 2 is 1.76 bits per heavy atom. The maximum atomic E-state index is 13.0. The molecule has 1 unspecified atom stereocenters. The van der Waals surface area contributed by atoms with Gasteiger partial charge in [-0.05, 0) is 24.5 Å². The number of hydrogen-bond donors (Lipinski definition) is 1. The van der Waals surface area contributed by atoms with Gasteiger partial charge in [0.1, 0.15) is 11.5 Å². The van der Waals surface area contributed by atoms with E-state index in [-0.39, 0.29) is 11.3 Å². The standard InChI is InChI=1S/C24H27NO4/c1-4-6-15-25-21(18-9-7-8-10-19(18)29-3)20(23(27)24(25)28)22(26)17-13-11-16(5-2)12-14-17/h7-14,21,26H,4-6,15H2,1-3H3/b22-20-. The van der Waals surface area contributed by atoms with E-state index in [4.69, 9.17) is 4.74 Å². The van der Waals surface area contributed by atoms with E-state index in [1.807, 2.05) is 37.3 Å². The van der Waals surface area contributed by atoms with Gasteiger partial charge in [0.25, 0.3) is 11.7 Å². The molecule has 1 fully saturated rings. The zero-order valence-corrected chi connectivity index (χ0v) is 17.1. The lowest BCUT2D eigenvalue weighted by molar-refractivity contribution is -0.139. The molecular weight excluding hydrogens is 366 g/mol. The van der Waals surface area contributed by atoms with Crippen LogP contribution in [0.15, 0.2) is 54.1 Å². The van der Waals surface area contributed by atoms with Crippen molar-refractivity contribution >= 4 is 17.4 Å². The molecule has 0 radical (unpaired) electrons. The molecule has 152 valence electrons. The number of aryl methyl sites for hydroxylation is 1. The number of carbonyl (C=O) groups is 2. The average molecular weight is 393 g/mol. The summed E-state index contributed by atoms with van der Waals surface area (Å²) in [7, 11) is 1.56. The van der Waals surface area contributed by atoms with Gasteiger partial charge >= 0.3 is 0 Å². The Balaban J connectivity index is 2.18. The average Bonchev–Trinajstić information content (AvgIpc) is 3.01. The van der Waals surface area contributed by atoms with Crippen LogP contribution < -0.4 is 4.74 Å². The quantitative estimate of drug-likeness (QED) is 0.428. The van der Waals surface area contributed by atoms with Crippen molar-refractivity contribution in [1.82, 2.24) is 4.90 Å². The maximum absolute atomic E-state index is 13.0. The Kier molecular flexibility index (Phi) is 6.37. The molecule has 2 aromatic rings. The van der Waals surface area contributed by atoms with E-state index in [9.17, 15) is 14.7 Å². The third-order valence-corrected chi connectivity index (χ3v) is 5.36. The number of benzene rings is 2. The summed E-state index contributed by atoms with van der Waals surface area (Å²) in [5.74, 6) is -0.816. The number of amides is 1. The number of carbonyl (C=O) groups excluding carboxylic acids is 2. The first-order valence-electron chi connectivity index (χ1n) is 10.0. The van der Waals surface area contributed by atoms with Gasteiger partial charge in [-0.3, -0.25) is 9.59 Å². The van der Waals surface area contributed by atoms with Gasteiger partial charge in [0.05, 0.1) is 18.7 Å². The highest BCUT2D eigenvalue weighted by Gasteiger charge is 2.46. The number of para-hydroxylation sites is 1. The van der Waals surface area contributed by atoms with Crippen LogP contribution in [0.1, 0.15) is 49.4 Å². The van der Waals surface area contributed by atoms with Crippen molar-refractivity contribution in [2.45, 2.75) is 39.2 Å². The van der Waals surface area contributed by atoms with E-state index < -0.39 is 17.7 Å². The predicted molar refractivity (Wildman–Crippen MR) is 113 cm³/mol. The molecule has 0 bridgehead atoms. The molecule has 0 spiro atoms. The van der Waals surface area contributed by atoms with E-state index in [1.54, 1.807) is 30.2 Å². The van der Waals surface area contributed by atoms with Crippen LogP contribution in [0.5, 0.6) is 5.75 Å². The second-order valence-electron chi connectivity index (χ2n) is 7.14. The van der Waals surface area contributed by atoms with Crippen molar-refractivity contribution in [2.24, 2.45) is 0 Å². The van der Waals surface area contributed by atoms with Crippen molar-refractivity contribution in [3.8, 4) is 5.75 Å². The number of ketones is 1. The molecular formula is C24H27NO4. The van der Waals surface area contributed by atoms with Crippen LogP contribution in [-0.4, -0.2) is 35.4 Å². The fourth-order valence-corrected chi connectivity index (χ4v) is 3.71. The van der Waals surface area contributed by atoms with Crippen LogP contribution in [0, 0.1) is 0 Å². The molecule has 0 aromatic heterocycles. The van der Waals surface area contributed by atoms with Crippen molar-refractivity contribution < 1.29 is 19.4 Å². The predicted octanol–water partition coefficient (Wildman–Crippen LogP) is 4.48. The SMILES string of the molecule is CCCCN1C(=O)C(=O)/C(=C(\O)c2ccc(CC)cc2)C1c1ccccc1OC. The molecule has 0 saturated carbocycles. The molecule has 1 N–H and O–H groups in total. The van der Waals surface area contributed by atoms with Crippen LogP contribution >= 0.6 is 0 Å². The number of methoxy groups -OCH3 is 1. The Morgan fingerprint density at radius 1 is 1.07 bits per heavy atom. The minimum Gasteiger partial charge on any atom is -0.507 e. The molecule has 3 rings (SSSR count). The number of rotatable bonds is 7. The van der Waals surface area contributed by atoms with Crippen molar-refractivity contribution in [3.63, 3.8) is 0 Å². The fraction of sp³-hybridized carbons (Fsp3) is 0.333. The van der Waals surface area contributed by atoms with Gasteiger partial charge in [-0.15, -0.1) is 0 Å². The molecule has 1 saturated heterocycles. The second-order valence-corrected chi connectivity index (χ2v) is 7.14. The highest BCUT2D eigenvalue weighted by atomic mass is 16.5. The first-order chi connectivity index (χ1) is 14.0. The summed E-state index contributed by atoms with van der Waals surface area (Å²) in [5.41, 5.74) is 2.46. The first-order valence-corrected chi connectivity index (χ1v) is 10.0. The summed E-state index contributed by atoms with van der Waals surface area (Å²) in [4.78, 5) is 27.3. The fourth-order valence-electron chi connectivity index (χ4n) is 3.71. The zero-order valence-electron chi connectivity index (χ0n) is 17.1. The Labute approximate surface area is 171 Å². The molecule has 1 amide bonds. The van der Waals surface area contributed by atoms with Gasteiger partial charge in [-0.1, -0.05) is 62.7 Å². The van der Waals surface area contributed by atoms with E-state index in [0.717, 1.165) is 24.8 Å². The van der Waals surface area contributed by atoms with Gasteiger partial charge in [0, 0.05) is 17.7 Å². The summed E-state index contributed by atoms with van der Waals surface area (Å²) in [6.45, 7) is 4.52. The molecule has 2 aromatic carbocycles. The summed E-state index contributed by atoms with van der Waals surface area (Å²) in [5, 5.41) is 11.0. The lowest BCUT2D eigenvalue weighted by atomic mass is 9.94. The number of unbranched alkanes of at least 4 members (excludes halogenated alkanes) is 1. The summed E-state index contributed by atoms with van der Waals surface area (Å²) in [6, 6.07) is 14.0. The van der Waals surface area contributed by atoms with E-state index in [2.05, 4.69) is 6.92 Å². The third-order valence-electron chi connectivity index (χ3n) is 5.36. The third kappa shape index (κ3) is 3.90. The van der Waals surface area contributed by atoms with Crippen molar-refractivity contribution in [2.75, 3.05) is 13.7 Å². The molecule has 0 aliphatic carbocycles. The number of ether oxygens (including phenoxy) is 1. The zero-order chi connectivity index (χ0) is 21.0. The lowest BCUT2D eigenvalue weighted by Crippen LogP contribution is -2.30. The minimum atomic E-state index is -0.677.